The summed E-state index contributed by atoms with van der Waals surface area (Å²) in [4.78, 5) is 16.8. The number of carbonyl (C=O) groups excluding carboxylic acids is 1. The third-order valence-electron chi connectivity index (χ3n) is 3.99. The van der Waals surface area contributed by atoms with Crippen molar-refractivity contribution in [2.24, 2.45) is 5.92 Å². The lowest BCUT2D eigenvalue weighted by molar-refractivity contribution is 0.211. The topological polar surface area (TPSA) is 74.2 Å². The molecule has 128 valence electrons. The van der Waals surface area contributed by atoms with Crippen LogP contribution in [-0.2, 0) is 0 Å². The van der Waals surface area contributed by atoms with Gasteiger partial charge in [-0.05, 0) is 30.0 Å². The zero-order chi connectivity index (χ0) is 17.5. The van der Waals surface area contributed by atoms with E-state index in [0.29, 0.717) is 0 Å². The molecule has 1 aromatic carbocycles. The summed E-state index contributed by atoms with van der Waals surface area (Å²) in [5.41, 5.74) is 2.77. The molecule has 0 radical (unpaired) electrons. The normalized spacial score (nSPS) is 13.4. The van der Waals surface area contributed by atoms with Gasteiger partial charge in [0.2, 0.25) is 0 Å². The molecule has 0 aliphatic rings. The maximum atomic E-state index is 12.4. The van der Waals surface area contributed by atoms with Crippen LogP contribution in [0, 0.1) is 12.8 Å². The first-order valence-corrected chi connectivity index (χ1v) is 8.17. The molecule has 3 N–H and O–H groups in total. The molecular formula is C19H25N3O2. The number of aliphatic hydroxyl groups is 1. The highest BCUT2D eigenvalue weighted by atomic mass is 16.3. The molecule has 0 spiro atoms. The van der Waals surface area contributed by atoms with Crippen LogP contribution in [0.4, 0.5) is 4.79 Å². The summed E-state index contributed by atoms with van der Waals surface area (Å²) in [6.07, 6.45) is 1.73. The molecule has 2 unspecified atom stereocenters. The highest BCUT2D eigenvalue weighted by Crippen LogP contribution is 2.22. The summed E-state index contributed by atoms with van der Waals surface area (Å²) < 4.78 is 0. The molecule has 2 atom stereocenters. The second-order valence-corrected chi connectivity index (χ2v) is 6.19. The second kappa shape index (κ2) is 8.45. The van der Waals surface area contributed by atoms with E-state index >= 15 is 0 Å². The number of benzene rings is 1. The number of aliphatic hydroxyl groups excluding tert-OH is 1. The molecule has 5 heteroatoms. The van der Waals surface area contributed by atoms with Crippen molar-refractivity contribution in [3.05, 3.63) is 65.5 Å². The fourth-order valence-corrected chi connectivity index (χ4v) is 2.64. The van der Waals surface area contributed by atoms with Crippen molar-refractivity contribution in [2.75, 3.05) is 6.61 Å². The minimum absolute atomic E-state index is 0.160. The quantitative estimate of drug-likeness (QED) is 0.763. The van der Waals surface area contributed by atoms with Crippen molar-refractivity contribution in [1.29, 1.82) is 0 Å². The largest absolute Gasteiger partial charge is 0.394 e. The Bertz CT molecular complexity index is 659. The Hall–Kier alpha value is -2.40. The Morgan fingerprint density at radius 3 is 2.42 bits per heavy atom. The number of carbonyl (C=O) groups is 1. The van der Waals surface area contributed by atoms with E-state index < -0.39 is 6.04 Å². The fourth-order valence-electron chi connectivity index (χ4n) is 2.64. The van der Waals surface area contributed by atoms with Crippen molar-refractivity contribution in [3.63, 3.8) is 0 Å². The van der Waals surface area contributed by atoms with Gasteiger partial charge in [0, 0.05) is 6.20 Å². The number of pyridine rings is 1. The van der Waals surface area contributed by atoms with Crippen LogP contribution in [0.2, 0.25) is 0 Å². The zero-order valence-electron chi connectivity index (χ0n) is 14.4. The molecule has 5 nitrogen and oxygen atoms in total. The van der Waals surface area contributed by atoms with Crippen LogP contribution >= 0.6 is 0 Å². The predicted molar refractivity (Wildman–Crippen MR) is 94.5 cm³/mol. The lowest BCUT2D eigenvalue weighted by Crippen LogP contribution is -2.42. The third-order valence-corrected chi connectivity index (χ3v) is 3.99. The third kappa shape index (κ3) is 4.55. The summed E-state index contributed by atoms with van der Waals surface area (Å²) in [7, 11) is 0. The number of aryl methyl sites for hydroxylation is 1. The van der Waals surface area contributed by atoms with Gasteiger partial charge in [0.05, 0.1) is 24.4 Å². The molecule has 0 saturated carbocycles. The van der Waals surface area contributed by atoms with Gasteiger partial charge in [0.25, 0.3) is 0 Å². The summed E-state index contributed by atoms with van der Waals surface area (Å²) in [6, 6.07) is 12.3. The van der Waals surface area contributed by atoms with Crippen molar-refractivity contribution < 1.29 is 9.90 Å². The fraction of sp³-hybridized carbons (Fsp3) is 0.368. The Morgan fingerprint density at radius 1 is 1.12 bits per heavy atom. The molecule has 24 heavy (non-hydrogen) atoms. The Kier molecular flexibility index (Phi) is 6.32. The van der Waals surface area contributed by atoms with E-state index in [1.807, 2.05) is 63.2 Å². The van der Waals surface area contributed by atoms with E-state index in [1.165, 1.54) is 0 Å². The van der Waals surface area contributed by atoms with Gasteiger partial charge in [0.1, 0.15) is 0 Å². The second-order valence-electron chi connectivity index (χ2n) is 6.19. The van der Waals surface area contributed by atoms with Crippen LogP contribution in [0.3, 0.4) is 0 Å². The molecule has 2 aromatic rings. The number of nitrogens with one attached hydrogen (secondary N) is 2. The molecule has 2 rings (SSSR count). The van der Waals surface area contributed by atoms with Gasteiger partial charge in [-0.1, -0.05) is 50.2 Å². The molecule has 2 amide bonds. The number of aromatic nitrogens is 1. The van der Waals surface area contributed by atoms with Crippen LogP contribution in [0.5, 0.6) is 0 Å². The van der Waals surface area contributed by atoms with Gasteiger partial charge in [-0.3, -0.25) is 4.98 Å². The molecular weight excluding hydrogens is 302 g/mol. The molecule has 0 aliphatic carbocycles. The molecule has 0 saturated heterocycles. The first kappa shape index (κ1) is 17.9. The number of amides is 2. The SMILES string of the molecule is Cc1cccnc1C(NC(=O)NC(CO)c1ccccc1)C(C)C. The Morgan fingerprint density at radius 2 is 1.83 bits per heavy atom. The Labute approximate surface area is 143 Å². The molecule has 0 fully saturated rings. The van der Waals surface area contributed by atoms with E-state index in [0.717, 1.165) is 16.8 Å². The van der Waals surface area contributed by atoms with E-state index in [2.05, 4.69) is 15.6 Å². The summed E-state index contributed by atoms with van der Waals surface area (Å²) in [5, 5.41) is 15.4. The van der Waals surface area contributed by atoms with Crippen molar-refractivity contribution in [1.82, 2.24) is 15.6 Å². The molecule has 0 aliphatic heterocycles. The average Bonchev–Trinajstić information content (AvgIpc) is 2.59. The van der Waals surface area contributed by atoms with Crippen molar-refractivity contribution in [3.8, 4) is 0 Å². The number of nitrogens with zero attached hydrogens (tertiary/aromatic N) is 1. The highest BCUT2D eigenvalue weighted by molar-refractivity contribution is 5.75. The number of urea groups is 1. The van der Waals surface area contributed by atoms with Crippen LogP contribution in [0.1, 0.15) is 42.8 Å². The van der Waals surface area contributed by atoms with Crippen LogP contribution in [0.25, 0.3) is 0 Å². The smallest absolute Gasteiger partial charge is 0.315 e. The highest BCUT2D eigenvalue weighted by Gasteiger charge is 2.22. The maximum Gasteiger partial charge on any atom is 0.315 e. The van der Waals surface area contributed by atoms with Crippen molar-refractivity contribution in [2.45, 2.75) is 32.9 Å². The number of hydrogen-bond donors (Lipinski definition) is 3. The molecule has 0 bridgehead atoms. The van der Waals surface area contributed by atoms with Crippen molar-refractivity contribution >= 4 is 6.03 Å². The van der Waals surface area contributed by atoms with Crippen LogP contribution in [0.15, 0.2) is 48.7 Å². The van der Waals surface area contributed by atoms with Gasteiger partial charge in [-0.15, -0.1) is 0 Å². The zero-order valence-corrected chi connectivity index (χ0v) is 14.4. The summed E-state index contributed by atoms with van der Waals surface area (Å²) in [5.74, 6) is 0.189. The standard InChI is InChI=1S/C19H25N3O2/c1-13(2)17(18-14(3)8-7-11-20-18)22-19(24)21-16(12-23)15-9-5-4-6-10-15/h4-11,13,16-17,23H,12H2,1-3H3,(H2,21,22,24). The Balaban J connectivity index is 2.10. The lowest BCUT2D eigenvalue weighted by atomic mass is 9.97. The van der Waals surface area contributed by atoms with Gasteiger partial charge in [-0.25, -0.2) is 4.79 Å². The number of rotatable bonds is 6. The first-order chi connectivity index (χ1) is 11.5. The molecule has 1 heterocycles. The van der Waals surface area contributed by atoms with Gasteiger partial charge >= 0.3 is 6.03 Å². The van der Waals surface area contributed by atoms with E-state index in [-0.39, 0.29) is 24.6 Å². The van der Waals surface area contributed by atoms with E-state index in [4.69, 9.17) is 0 Å². The minimum atomic E-state index is -0.441. The maximum absolute atomic E-state index is 12.4. The predicted octanol–water partition coefficient (Wildman–Crippen LogP) is 3.12. The van der Waals surface area contributed by atoms with Crippen LogP contribution < -0.4 is 10.6 Å². The summed E-state index contributed by atoms with van der Waals surface area (Å²) >= 11 is 0. The first-order valence-electron chi connectivity index (χ1n) is 8.17. The van der Waals surface area contributed by atoms with E-state index in [9.17, 15) is 9.90 Å². The molecule has 1 aromatic heterocycles. The summed E-state index contributed by atoms with van der Waals surface area (Å²) in [6.45, 7) is 5.91. The van der Waals surface area contributed by atoms with Gasteiger partial charge < -0.3 is 15.7 Å². The van der Waals surface area contributed by atoms with Crippen LogP contribution in [-0.4, -0.2) is 22.7 Å². The monoisotopic (exact) mass is 327 g/mol. The van der Waals surface area contributed by atoms with Gasteiger partial charge in [0.15, 0.2) is 0 Å². The number of hydrogen-bond acceptors (Lipinski definition) is 3. The average molecular weight is 327 g/mol. The minimum Gasteiger partial charge on any atom is -0.394 e. The van der Waals surface area contributed by atoms with Gasteiger partial charge in [-0.2, -0.15) is 0 Å². The van der Waals surface area contributed by atoms with E-state index in [1.54, 1.807) is 6.20 Å². The lowest BCUT2D eigenvalue weighted by Gasteiger charge is -2.25.